The van der Waals surface area contributed by atoms with E-state index in [-0.39, 0.29) is 12.2 Å². The zero-order valence-electron chi connectivity index (χ0n) is 10.2. The summed E-state index contributed by atoms with van der Waals surface area (Å²) in [5.41, 5.74) is 0.920. The molecule has 1 aromatic rings. The third kappa shape index (κ3) is 3.89. The van der Waals surface area contributed by atoms with Crippen LogP contribution in [0.1, 0.15) is 12.5 Å². The molecule has 92 valence electrons. The first-order valence-corrected chi connectivity index (χ1v) is 6.54. The lowest BCUT2D eigenvalue weighted by Gasteiger charge is -2.08. The van der Waals surface area contributed by atoms with E-state index >= 15 is 0 Å². The fourth-order valence-electron chi connectivity index (χ4n) is 1.41. The maximum atomic E-state index is 11.8. The lowest BCUT2D eigenvalue weighted by atomic mass is 10.00. The quantitative estimate of drug-likeness (QED) is 0.458. The number of thioether (sulfide) groups is 1. The predicted octanol–water partition coefficient (Wildman–Crippen LogP) is 2.33. The molecule has 0 saturated carbocycles. The molecule has 0 aliphatic carbocycles. The van der Waals surface area contributed by atoms with Gasteiger partial charge >= 0.3 is 5.97 Å². The first kappa shape index (κ1) is 13.8. The highest BCUT2D eigenvalue weighted by Crippen LogP contribution is 2.16. The summed E-state index contributed by atoms with van der Waals surface area (Å²) in [7, 11) is 1.29. The van der Waals surface area contributed by atoms with E-state index in [1.807, 2.05) is 30.5 Å². The Balaban J connectivity index is 2.64. The number of esters is 1. The predicted molar refractivity (Wildman–Crippen MR) is 68.1 cm³/mol. The van der Waals surface area contributed by atoms with Crippen LogP contribution < -0.4 is 0 Å². The fraction of sp³-hybridized carbons (Fsp3) is 0.385. The average Bonchev–Trinajstić information content (AvgIpc) is 2.37. The van der Waals surface area contributed by atoms with Gasteiger partial charge in [0.15, 0.2) is 5.78 Å². The zero-order chi connectivity index (χ0) is 12.8. The molecule has 0 aromatic heterocycles. The Labute approximate surface area is 106 Å². The minimum Gasteiger partial charge on any atom is -0.468 e. The fourth-order valence-corrected chi connectivity index (χ4v) is 1.81. The van der Waals surface area contributed by atoms with Crippen molar-refractivity contribution in [1.29, 1.82) is 0 Å². The molecule has 17 heavy (non-hydrogen) atoms. The van der Waals surface area contributed by atoms with Gasteiger partial charge in [-0.25, -0.2) is 0 Å². The molecule has 0 N–H and O–H groups in total. The van der Waals surface area contributed by atoms with Crippen molar-refractivity contribution in [2.75, 3.05) is 13.4 Å². The summed E-state index contributed by atoms with van der Waals surface area (Å²) < 4.78 is 4.54. The molecule has 3 nitrogen and oxygen atoms in total. The Kier molecular flexibility index (Phi) is 5.22. The maximum Gasteiger partial charge on any atom is 0.315 e. The van der Waals surface area contributed by atoms with Gasteiger partial charge in [0.05, 0.1) is 7.11 Å². The van der Waals surface area contributed by atoms with Gasteiger partial charge in [0.25, 0.3) is 0 Å². The standard InChI is InChI=1S/C13H16O3S/c1-9(13(15)16-2)12(14)8-10-4-6-11(17-3)7-5-10/h4-7,9H,8H2,1-3H3. The van der Waals surface area contributed by atoms with Crippen LogP contribution in [0.15, 0.2) is 29.2 Å². The Morgan fingerprint density at radius 2 is 1.88 bits per heavy atom. The normalized spacial score (nSPS) is 11.9. The summed E-state index contributed by atoms with van der Waals surface area (Å²) in [6, 6.07) is 7.76. The molecule has 0 amide bonds. The first-order valence-electron chi connectivity index (χ1n) is 5.32. The summed E-state index contributed by atoms with van der Waals surface area (Å²) in [5, 5.41) is 0. The molecule has 0 heterocycles. The van der Waals surface area contributed by atoms with E-state index < -0.39 is 11.9 Å². The Morgan fingerprint density at radius 3 is 2.35 bits per heavy atom. The summed E-state index contributed by atoms with van der Waals surface area (Å²) in [6.07, 6.45) is 2.27. The molecule has 0 aliphatic rings. The van der Waals surface area contributed by atoms with E-state index in [0.717, 1.165) is 10.5 Å². The highest BCUT2D eigenvalue weighted by Gasteiger charge is 2.21. The van der Waals surface area contributed by atoms with E-state index in [4.69, 9.17) is 0 Å². The van der Waals surface area contributed by atoms with Crippen LogP contribution in [-0.2, 0) is 20.7 Å². The van der Waals surface area contributed by atoms with Crippen molar-refractivity contribution < 1.29 is 14.3 Å². The van der Waals surface area contributed by atoms with Crippen molar-refractivity contribution in [2.24, 2.45) is 5.92 Å². The average molecular weight is 252 g/mol. The van der Waals surface area contributed by atoms with Crippen molar-refractivity contribution in [3.8, 4) is 0 Å². The van der Waals surface area contributed by atoms with Gasteiger partial charge in [-0.1, -0.05) is 12.1 Å². The zero-order valence-corrected chi connectivity index (χ0v) is 11.0. The van der Waals surface area contributed by atoms with Crippen LogP contribution in [0.25, 0.3) is 0 Å². The largest absolute Gasteiger partial charge is 0.468 e. The minimum atomic E-state index is -0.694. The van der Waals surface area contributed by atoms with Gasteiger partial charge in [0.1, 0.15) is 5.92 Å². The van der Waals surface area contributed by atoms with Crippen molar-refractivity contribution in [2.45, 2.75) is 18.2 Å². The number of hydrogen-bond acceptors (Lipinski definition) is 4. The maximum absolute atomic E-state index is 11.8. The summed E-state index contributed by atoms with van der Waals surface area (Å²) in [5.74, 6) is -1.29. The second-order valence-electron chi connectivity index (χ2n) is 3.74. The number of carbonyl (C=O) groups is 2. The number of Topliss-reactive ketones (excluding diaryl/α,β-unsaturated/α-hetero) is 1. The monoisotopic (exact) mass is 252 g/mol. The number of hydrogen-bond donors (Lipinski definition) is 0. The Bertz CT molecular complexity index is 398. The van der Waals surface area contributed by atoms with Crippen molar-refractivity contribution in [3.63, 3.8) is 0 Å². The highest BCUT2D eigenvalue weighted by molar-refractivity contribution is 7.98. The second kappa shape index (κ2) is 6.45. The molecule has 0 radical (unpaired) electrons. The Morgan fingerprint density at radius 1 is 1.29 bits per heavy atom. The number of ether oxygens (including phenoxy) is 1. The lowest BCUT2D eigenvalue weighted by molar-refractivity contribution is -0.148. The van der Waals surface area contributed by atoms with Gasteiger partial charge in [0, 0.05) is 11.3 Å². The van der Waals surface area contributed by atoms with Gasteiger partial charge < -0.3 is 4.74 Å². The number of methoxy groups -OCH3 is 1. The molecule has 4 heteroatoms. The summed E-state index contributed by atoms with van der Waals surface area (Å²) in [4.78, 5) is 24.1. The SMILES string of the molecule is COC(=O)C(C)C(=O)Cc1ccc(SC)cc1. The van der Waals surface area contributed by atoms with E-state index in [1.165, 1.54) is 7.11 Å². The van der Waals surface area contributed by atoms with Crippen LogP contribution in [-0.4, -0.2) is 25.1 Å². The van der Waals surface area contributed by atoms with E-state index in [9.17, 15) is 9.59 Å². The summed E-state index contributed by atoms with van der Waals surface area (Å²) in [6.45, 7) is 1.57. The second-order valence-corrected chi connectivity index (χ2v) is 4.62. The highest BCUT2D eigenvalue weighted by atomic mass is 32.2. The van der Waals surface area contributed by atoms with E-state index in [2.05, 4.69) is 4.74 Å². The van der Waals surface area contributed by atoms with Crippen molar-refractivity contribution >= 4 is 23.5 Å². The van der Waals surface area contributed by atoms with E-state index in [0.29, 0.717) is 0 Å². The van der Waals surface area contributed by atoms with E-state index in [1.54, 1.807) is 18.7 Å². The molecular weight excluding hydrogens is 236 g/mol. The van der Waals surface area contributed by atoms with Gasteiger partial charge in [-0.05, 0) is 30.9 Å². The number of carbonyl (C=O) groups excluding carboxylic acids is 2. The Hall–Kier alpha value is -1.29. The van der Waals surface area contributed by atoms with Crippen LogP contribution in [0.5, 0.6) is 0 Å². The third-order valence-corrected chi connectivity index (χ3v) is 3.32. The first-order chi connectivity index (χ1) is 8.08. The van der Waals surface area contributed by atoms with Gasteiger partial charge in [-0.15, -0.1) is 11.8 Å². The molecule has 0 saturated heterocycles. The van der Waals surface area contributed by atoms with Crippen LogP contribution in [0.2, 0.25) is 0 Å². The van der Waals surface area contributed by atoms with Crippen molar-refractivity contribution in [3.05, 3.63) is 29.8 Å². The number of benzene rings is 1. The van der Waals surface area contributed by atoms with Crippen LogP contribution >= 0.6 is 11.8 Å². The van der Waals surface area contributed by atoms with Gasteiger partial charge in [-0.2, -0.15) is 0 Å². The van der Waals surface area contributed by atoms with Crippen molar-refractivity contribution in [1.82, 2.24) is 0 Å². The van der Waals surface area contributed by atoms with Crippen LogP contribution in [0.4, 0.5) is 0 Å². The molecule has 0 bridgehead atoms. The molecule has 1 atom stereocenters. The topological polar surface area (TPSA) is 43.4 Å². The summed E-state index contributed by atoms with van der Waals surface area (Å²) >= 11 is 1.65. The molecular formula is C13H16O3S. The van der Waals surface area contributed by atoms with Gasteiger partial charge in [0.2, 0.25) is 0 Å². The molecule has 0 fully saturated rings. The molecule has 1 unspecified atom stereocenters. The number of ketones is 1. The lowest BCUT2D eigenvalue weighted by Crippen LogP contribution is -2.23. The van der Waals surface area contributed by atoms with Gasteiger partial charge in [-0.3, -0.25) is 9.59 Å². The van der Waals surface area contributed by atoms with Crippen LogP contribution in [0.3, 0.4) is 0 Å². The minimum absolute atomic E-state index is 0.117. The molecule has 0 spiro atoms. The molecule has 0 aliphatic heterocycles. The third-order valence-electron chi connectivity index (χ3n) is 2.58. The van der Waals surface area contributed by atoms with Crippen LogP contribution in [0, 0.1) is 5.92 Å². The smallest absolute Gasteiger partial charge is 0.315 e. The molecule has 1 aromatic carbocycles. The molecule has 1 rings (SSSR count). The number of rotatable bonds is 5.